The van der Waals surface area contributed by atoms with Crippen molar-refractivity contribution >= 4 is 23.0 Å². The standard InChI is InChI=1S/C7H10N4S/c1-4-6(11-7(8)12)5(2)10-3-9-4/h3H,1-2H3,(H3,8,11,12). The summed E-state index contributed by atoms with van der Waals surface area (Å²) in [7, 11) is 0. The third kappa shape index (κ3) is 1.88. The van der Waals surface area contributed by atoms with E-state index in [9.17, 15) is 0 Å². The van der Waals surface area contributed by atoms with E-state index in [1.54, 1.807) is 0 Å². The summed E-state index contributed by atoms with van der Waals surface area (Å²) in [4.78, 5) is 8.01. The molecule has 0 spiro atoms. The lowest BCUT2D eigenvalue weighted by atomic mass is 10.3. The number of anilines is 1. The minimum absolute atomic E-state index is 0.232. The highest BCUT2D eigenvalue weighted by atomic mass is 32.1. The predicted octanol–water partition coefficient (Wildman–Crippen LogP) is 0.749. The molecule has 0 radical (unpaired) electrons. The Kier molecular flexibility index (Phi) is 2.54. The normalized spacial score (nSPS) is 9.50. The molecule has 1 aromatic rings. The second kappa shape index (κ2) is 3.44. The molecule has 0 atom stereocenters. The van der Waals surface area contributed by atoms with Crippen LogP contribution in [0.5, 0.6) is 0 Å². The molecule has 4 nitrogen and oxygen atoms in total. The van der Waals surface area contributed by atoms with Crippen LogP contribution in [0.2, 0.25) is 0 Å². The van der Waals surface area contributed by atoms with Crippen LogP contribution >= 0.6 is 12.2 Å². The lowest BCUT2D eigenvalue weighted by molar-refractivity contribution is 1.06. The van der Waals surface area contributed by atoms with Crippen LogP contribution in [-0.4, -0.2) is 15.1 Å². The fourth-order valence-electron chi connectivity index (χ4n) is 0.897. The number of hydrogen-bond acceptors (Lipinski definition) is 3. The highest BCUT2D eigenvalue weighted by Crippen LogP contribution is 2.13. The molecular formula is C7H10N4S. The third-order valence-electron chi connectivity index (χ3n) is 1.47. The highest BCUT2D eigenvalue weighted by Gasteiger charge is 2.03. The predicted molar refractivity (Wildman–Crippen MR) is 51.9 cm³/mol. The van der Waals surface area contributed by atoms with Crippen LogP contribution < -0.4 is 11.1 Å². The number of nitrogens with one attached hydrogen (secondary N) is 1. The van der Waals surface area contributed by atoms with E-state index in [1.165, 1.54) is 6.33 Å². The molecule has 5 heteroatoms. The molecule has 0 aliphatic carbocycles. The molecule has 0 unspecified atom stereocenters. The van der Waals surface area contributed by atoms with Crippen molar-refractivity contribution in [3.63, 3.8) is 0 Å². The summed E-state index contributed by atoms with van der Waals surface area (Å²) in [6, 6.07) is 0. The quantitative estimate of drug-likeness (QED) is 0.627. The molecule has 0 aliphatic rings. The van der Waals surface area contributed by atoms with E-state index in [0.29, 0.717) is 0 Å². The van der Waals surface area contributed by atoms with E-state index < -0.39 is 0 Å². The van der Waals surface area contributed by atoms with Gasteiger partial charge in [0.15, 0.2) is 5.11 Å². The number of nitrogens with two attached hydrogens (primary N) is 1. The van der Waals surface area contributed by atoms with Crippen molar-refractivity contribution < 1.29 is 0 Å². The highest BCUT2D eigenvalue weighted by molar-refractivity contribution is 7.80. The van der Waals surface area contributed by atoms with Crippen LogP contribution in [-0.2, 0) is 0 Å². The van der Waals surface area contributed by atoms with E-state index in [-0.39, 0.29) is 5.11 Å². The third-order valence-corrected chi connectivity index (χ3v) is 1.58. The Labute approximate surface area is 76.2 Å². The molecule has 0 fully saturated rings. The topological polar surface area (TPSA) is 63.8 Å². The van der Waals surface area contributed by atoms with Crippen molar-refractivity contribution in [2.24, 2.45) is 5.73 Å². The van der Waals surface area contributed by atoms with Crippen molar-refractivity contribution in [1.29, 1.82) is 0 Å². The van der Waals surface area contributed by atoms with Crippen molar-refractivity contribution in [3.8, 4) is 0 Å². The number of hydrogen-bond donors (Lipinski definition) is 2. The average molecular weight is 182 g/mol. The smallest absolute Gasteiger partial charge is 0.168 e. The Morgan fingerprint density at radius 3 is 2.33 bits per heavy atom. The monoisotopic (exact) mass is 182 g/mol. The first-order valence-corrected chi connectivity index (χ1v) is 3.86. The van der Waals surface area contributed by atoms with Crippen molar-refractivity contribution in [2.45, 2.75) is 13.8 Å². The number of rotatable bonds is 1. The average Bonchev–Trinajstić information content (AvgIpc) is 1.97. The first-order chi connectivity index (χ1) is 5.61. The molecule has 1 aromatic heterocycles. The minimum Gasteiger partial charge on any atom is -0.376 e. The van der Waals surface area contributed by atoms with Crippen molar-refractivity contribution in [3.05, 3.63) is 17.7 Å². The van der Waals surface area contributed by atoms with Crippen LogP contribution in [0.25, 0.3) is 0 Å². The zero-order valence-corrected chi connectivity index (χ0v) is 7.77. The van der Waals surface area contributed by atoms with E-state index >= 15 is 0 Å². The van der Waals surface area contributed by atoms with Crippen molar-refractivity contribution in [1.82, 2.24) is 9.97 Å². The summed E-state index contributed by atoms with van der Waals surface area (Å²) in [6.07, 6.45) is 1.51. The largest absolute Gasteiger partial charge is 0.376 e. The summed E-state index contributed by atoms with van der Waals surface area (Å²) in [5, 5.41) is 3.06. The molecule has 12 heavy (non-hydrogen) atoms. The van der Waals surface area contributed by atoms with Crippen LogP contribution in [0.4, 0.5) is 5.69 Å². The molecule has 0 saturated carbocycles. The summed E-state index contributed by atoms with van der Waals surface area (Å²) in [5.41, 5.74) is 7.81. The van der Waals surface area contributed by atoms with Gasteiger partial charge in [0, 0.05) is 0 Å². The minimum atomic E-state index is 0.232. The van der Waals surface area contributed by atoms with Crippen molar-refractivity contribution in [2.75, 3.05) is 5.32 Å². The van der Waals surface area contributed by atoms with E-state index in [2.05, 4.69) is 15.3 Å². The summed E-state index contributed by atoms with van der Waals surface area (Å²) >= 11 is 4.71. The van der Waals surface area contributed by atoms with Gasteiger partial charge in [-0.15, -0.1) is 0 Å². The van der Waals surface area contributed by atoms with Gasteiger partial charge in [0.2, 0.25) is 0 Å². The van der Waals surface area contributed by atoms with Gasteiger partial charge in [0.05, 0.1) is 17.1 Å². The second-order valence-corrected chi connectivity index (χ2v) is 2.85. The molecule has 0 aliphatic heterocycles. The fraction of sp³-hybridized carbons (Fsp3) is 0.286. The van der Waals surface area contributed by atoms with Gasteiger partial charge in [-0.25, -0.2) is 9.97 Å². The Hall–Kier alpha value is -1.23. The van der Waals surface area contributed by atoms with E-state index in [4.69, 9.17) is 18.0 Å². The van der Waals surface area contributed by atoms with Crippen LogP contribution in [0.1, 0.15) is 11.4 Å². The fourth-order valence-corrected chi connectivity index (χ4v) is 0.999. The first kappa shape index (κ1) is 8.86. The number of aryl methyl sites for hydroxylation is 2. The Morgan fingerprint density at radius 2 is 1.92 bits per heavy atom. The van der Waals surface area contributed by atoms with Crippen LogP contribution in [0.15, 0.2) is 6.33 Å². The number of aromatic nitrogens is 2. The Balaban J connectivity index is 3.04. The SMILES string of the molecule is Cc1ncnc(C)c1NC(N)=S. The maximum absolute atomic E-state index is 5.33. The van der Waals surface area contributed by atoms with Gasteiger partial charge < -0.3 is 11.1 Å². The maximum Gasteiger partial charge on any atom is 0.168 e. The lowest BCUT2D eigenvalue weighted by Gasteiger charge is -2.08. The van der Waals surface area contributed by atoms with Gasteiger partial charge in [-0.1, -0.05) is 0 Å². The summed E-state index contributed by atoms with van der Waals surface area (Å²) in [6.45, 7) is 3.74. The molecule has 0 amide bonds. The Bertz CT molecular complexity index is 290. The zero-order valence-electron chi connectivity index (χ0n) is 6.96. The second-order valence-electron chi connectivity index (χ2n) is 2.41. The van der Waals surface area contributed by atoms with Gasteiger partial charge in [0.25, 0.3) is 0 Å². The van der Waals surface area contributed by atoms with Crippen LogP contribution in [0.3, 0.4) is 0 Å². The van der Waals surface area contributed by atoms with Gasteiger partial charge in [-0.05, 0) is 26.1 Å². The van der Waals surface area contributed by atoms with Gasteiger partial charge in [-0.2, -0.15) is 0 Å². The summed E-state index contributed by atoms with van der Waals surface area (Å²) < 4.78 is 0. The number of thiocarbonyl (C=S) groups is 1. The molecule has 64 valence electrons. The van der Waals surface area contributed by atoms with E-state index in [1.807, 2.05) is 13.8 Å². The molecule has 0 aromatic carbocycles. The van der Waals surface area contributed by atoms with E-state index in [0.717, 1.165) is 17.1 Å². The first-order valence-electron chi connectivity index (χ1n) is 3.46. The molecule has 3 N–H and O–H groups in total. The molecule has 1 heterocycles. The molecule has 1 rings (SSSR count). The summed E-state index contributed by atoms with van der Waals surface area (Å²) in [5.74, 6) is 0. The number of nitrogens with zero attached hydrogens (tertiary/aromatic N) is 2. The lowest BCUT2D eigenvalue weighted by Crippen LogP contribution is -2.20. The molecule has 0 bridgehead atoms. The molecular weight excluding hydrogens is 172 g/mol. The van der Waals surface area contributed by atoms with Gasteiger partial charge in [-0.3, -0.25) is 0 Å². The van der Waals surface area contributed by atoms with Crippen LogP contribution in [0, 0.1) is 13.8 Å². The van der Waals surface area contributed by atoms with Gasteiger partial charge in [0.1, 0.15) is 6.33 Å². The Morgan fingerprint density at radius 1 is 1.42 bits per heavy atom. The zero-order chi connectivity index (χ0) is 9.14. The maximum atomic E-state index is 5.33. The van der Waals surface area contributed by atoms with Gasteiger partial charge >= 0.3 is 0 Å². The molecule has 0 saturated heterocycles.